The quantitative estimate of drug-likeness (QED) is 0.0419. The fourth-order valence-electron chi connectivity index (χ4n) is 6.24. The van der Waals surface area contributed by atoms with Gasteiger partial charge in [-0.15, -0.1) is 0 Å². The fourth-order valence-corrected chi connectivity index (χ4v) is 6.24. The van der Waals surface area contributed by atoms with Crippen LogP contribution in [-0.2, 0) is 14.3 Å². The molecule has 0 aromatic heterocycles. The number of carboxylic acids is 1. The highest BCUT2D eigenvalue weighted by atomic mass is 16.5. The Hall–Kier alpha value is -1.32. The number of carbonyl (C=O) groups excluding carboxylic acids is 1. The average Bonchev–Trinajstić information content (AvgIpc) is 3.02. The minimum atomic E-state index is -0.698. The van der Waals surface area contributed by atoms with Gasteiger partial charge < -0.3 is 9.84 Å². The molecule has 4 heteroatoms. The van der Waals surface area contributed by atoms with Crippen molar-refractivity contribution in [1.82, 2.24) is 0 Å². The molecule has 0 spiro atoms. The Morgan fingerprint density at radius 1 is 0.467 bits per heavy atom. The summed E-state index contributed by atoms with van der Waals surface area (Å²) in [7, 11) is 0. The summed E-state index contributed by atoms with van der Waals surface area (Å²) in [6.45, 7) is 4.55. The summed E-state index contributed by atoms with van der Waals surface area (Å²) in [6.07, 6.45) is 45.1. The molecule has 0 aliphatic carbocycles. The Labute approximate surface area is 281 Å². The molecular formula is C41H78O4. The van der Waals surface area contributed by atoms with E-state index in [1.54, 1.807) is 0 Å². The van der Waals surface area contributed by atoms with Gasteiger partial charge >= 0.3 is 11.9 Å². The summed E-state index contributed by atoms with van der Waals surface area (Å²) in [4.78, 5) is 23.4. The summed E-state index contributed by atoms with van der Waals surface area (Å²) in [5, 5.41) is 8.82. The van der Waals surface area contributed by atoms with Gasteiger partial charge in [0.2, 0.25) is 0 Å². The van der Waals surface area contributed by atoms with E-state index in [-0.39, 0.29) is 18.5 Å². The topological polar surface area (TPSA) is 63.6 Å². The first kappa shape index (κ1) is 43.7. The van der Waals surface area contributed by atoms with Crippen LogP contribution < -0.4 is 0 Å². The van der Waals surface area contributed by atoms with Crippen LogP contribution in [0.15, 0.2) is 12.2 Å². The average molecular weight is 635 g/mol. The van der Waals surface area contributed by atoms with Crippen LogP contribution in [0, 0.1) is 0 Å². The summed E-state index contributed by atoms with van der Waals surface area (Å²) < 4.78 is 6.00. The smallest absolute Gasteiger partial charge is 0.306 e. The van der Waals surface area contributed by atoms with Gasteiger partial charge in [0.15, 0.2) is 0 Å². The number of rotatable bonds is 37. The lowest BCUT2D eigenvalue weighted by molar-refractivity contribution is -0.150. The second-order valence-electron chi connectivity index (χ2n) is 13.8. The van der Waals surface area contributed by atoms with Crippen molar-refractivity contribution in [2.75, 3.05) is 0 Å². The molecule has 45 heavy (non-hydrogen) atoms. The number of carboxylic acid groups (broad SMARTS) is 1. The number of unbranched alkanes of at least 4 members (excludes halogenated alkanes) is 26. The Kier molecular flexibility index (Phi) is 36.1. The molecule has 0 saturated heterocycles. The molecule has 0 aromatic carbocycles. The second kappa shape index (κ2) is 37.1. The first-order valence-electron chi connectivity index (χ1n) is 20.2. The fraction of sp³-hybridized carbons (Fsp3) is 0.902. The van der Waals surface area contributed by atoms with E-state index in [0.717, 1.165) is 64.2 Å². The largest absolute Gasteiger partial charge is 0.481 e. The SMILES string of the molecule is CCCCCCCC/C=C\CCCCCCCC(=O)OC(CCCCCCCCCCCCCC)CCCCCCCC(=O)O. The molecule has 0 saturated carbocycles. The molecule has 0 amide bonds. The van der Waals surface area contributed by atoms with Crippen molar-refractivity contribution in [2.45, 2.75) is 238 Å². The molecule has 0 bridgehead atoms. The van der Waals surface area contributed by atoms with Crippen molar-refractivity contribution >= 4 is 11.9 Å². The highest BCUT2D eigenvalue weighted by Gasteiger charge is 2.14. The molecule has 1 atom stereocenters. The molecule has 1 N–H and O–H groups in total. The molecule has 0 aliphatic heterocycles. The number of ether oxygens (including phenoxy) is 1. The van der Waals surface area contributed by atoms with Crippen LogP contribution in [0.3, 0.4) is 0 Å². The summed E-state index contributed by atoms with van der Waals surface area (Å²) in [5.41, 5.74) is 0. The van der Waals surface area contributed by atoms with E-state index in [1.165, 1.54) is 141 Å². The number of allylic oxidation sites excluding steroid dienone is 2. The van der Waals surface area contributed by atoms with E-state index in [2.05, 4.69) is 26.0 Å². The molecular weight excluding hydrogens is 556 g/mol. The van der Waals surface area contributed by atoms with E-state index >= 15 is 0 Å². The maximum Gasteiger partial charge on any atom is 0.306 e. The van der Waals surface area contributed by atoms with Gasteiger partial charge in [-0.3, -0.25) is 9.59 Å². The monoisotopic (exact) mass is 635 g/mol. The Bertz CT molecular complexity index is 643. The highest BCUT2D eigenvalue weighted by Crippen LogP contribution is 2.19. The molecule has 0 heterocycles. The Balaban J connectivity index is 4.01. The zero-order valence-electron chi connectivity index (χ0n) is 30.4. The van der Waals surface area contributed by atoms with Crippen molar-refractivity contribution in [1.29, 1.82) is 0 Å². The molecule has 0 radical (unpaired) electrons. The molecule has 266 valence electrons. The second-order valence-corrected chi connectivity index (χ2v) is 13.8. The third-order valence-electron chi connectivity index (χ3n) is 9.24. The van der Waals surface area contributed by atoms with Crippen LogP contribution in [0.4, 0.5) is 0 Å². The third kappa shape index (κ3) is 37.0. The maximum absolute atomic E-state index is 12.7. The zero-order valence-corrected chi connectivity index (χ0v) is 30.4. The van der Waals surface area contributed by atoms with E-state index in [0.29, 0.717) is 6.42 Å². The van der Waals surface area contributed by atoms with Gasteiger partial charge in [0.05, 0.1) is 0 Å². The van der Waals surface area contributed by atoms with Crippen LogP contribution in [0.1, 0.15) is 232 Å². The number of esters is 1. The summed E-state index contributed by atoms with van der Waals surface area (Å²) >= 11 is 0. The molecule has 0 aliphatic rings. The van der Waals surface area contributed by atoms with Crippen LogP contribution in [0.5, 0.6) is 0 Å². The normalized spacial score (nSPS) is 12.2. The van der Waals surface area contributed by atoms with Crippen molar-refractivity contribution in [3.05, 3.63) is 12.2 Å². The van der Waals surface area contributed by atoms with E-state index in [4.69, 9.17) is 9.84 Å². The number of hydrogen-bond donors (Lipinski definition) is 1. The van der Waals surface area contributed by atoms with E-state index in [1.807, 2.05) is 0 Å². The maximum atomic E-state index is 12.7. The standard InChI is InChI=1S/C41H78O4/c1-3-5-7-9-11-13-15-17-18-19-21-23-25-30-34-38-41(44)45-39(36-32-28-26-29-33-37-40(42)43)35-31-27-24-22-20-16-14-12-10-8-6-4-2/h17-18,39H,3-16,19-38H2,1-2H3,(H,42,43)/b18-17-. The van der Waals surface area contributed by atoms with Gasteiger partial charge in [0.1, 0.15) is 6.10 Å². The zero-order chi connectivity index (χ0) is 32.9. The predicted octanol–water partition coefficient (Wildman–Crippen LogP) is 13.8. The van der Waals surface area contributed by atoms with Crippen LogP contribution in [0.2, 0.25) is 0 Å². The number of aliphatic carboxylic acids is 1. The lowest BCUT2D eigenvalue weighted by atomic mass is 10.0. The molecule has 4 nitrogen and oxygen atoms in total. The van der Waals surface area contributed by atoms with E-state index < -0.39 is 5.97 Å². The van der Waals surface area contributed by atoms with Crippen LogP contribution >= 0.6 is 0 Å². The van der Waals surface area contributed by atoms with Gasteiger partial charge in [-0.25, -0.2) is 0 Å². The van der Waals surface area contributed by atoms with Crippen molar-refractivity contribution in [3.63, 3.8) is 0 Å². The van der Waals surface area contributed by atoms with Crippen molar-refractivity contribution in [2.24, 2.45) is 0 Å². The molecule has 0 rings (SSSR count). The van der Waals surface area contributed by atoms with Crippen LogP contribution in [0.25, 0.3) is 0 Å². The minimum Gasteiger partial charge on any atom is -0.481 e. The number of hydrogen-bond acceptors (Lipinski definition) is 3. The molecule has 0 fully saturated rings. The van der Waals surface area contributed by atoms with Gasteiger partial charge in [-0.05, 0) is 64.2 Å². The lowest BCUT2D eigenvalue weighted by Gasteiger charge is -2.18. The predicted molar refractivity (Wildman–Crippen MR) is 195 cm³/mol. The minimum absolute atomic E-state index is 0.00183. The first-order chi connectivity index (χ1) is 22.1. The van der Waals surface area contributed by atoms with Gasteiger partial charge in [-0.1, -0.05) is 167 Å². The van der Waals surface area contributed by atoms with Gasteiger partial charge in [0, 0.05) is 12.8 Å². The van der Waals surface area contributed by atoms with Gasteiger partial charge in [-0.2, -0.15) is 0 Å². The number of carbonyl (C=O) groups is 2. The Morgan fingerprint density at radius 2 is 0.800 bits per heavy atom. The van der Waals surface area contributed by atoms with Crippen molar-refractivity contribution < 1.29 is 19.4 Å². The van der Waals surface area contributed by atoms with Crippen LogP contribution in [-0.4, -0.2) is 23.1 Å². The van der Waals surface area contributed by atoms with Crippen molar-refractivity contribution in [3.8, 4) is 0 Å². The third-order valence-corrected chi connectivity index (χ3v) is 9.24. The molecule has 1 unspecified atom stereocenters. The summed E-state index contributed by atoms with van der Waals surface area (Å²) in [5.74, 6) is -0.700. The Morgan fingerprint density at radius 3 is 1.20 bits per heavy atom. The van der Waals surface area contributed by atoms with Gasteiger partial charge in [0.25, 0.3) is 0 Å². The van der Waals surface area contributed by atoms with E-state index in [9.17, 15) is 9.59 Å². The lowest BCUT2D eigenvalue weighted by Crippen LogP contribution is -2.18. The molecule has 0 aromatic rings. The summed E-state index contributed by atoms with van der Waals surface area (Å²) in [6, 6.07) is 0. The highest BCUT2D eigenvalue weighted by molar-refractivity contribution is 5.69. The first-order valence-corrected chi connectivity index (χ1v) is 20.2.